The van der Waals surface area contributed by atoms with Crippen molar-refractivity contribution >= 4 is 5.91 Å². The van der Waals surface area contributed by atoms with E-state index >= 15 is 0 Å². The van der Waals surface area contributed by atoms with E-state index in [1.807, 2.05) is 19.1 Å². The van der Waals surface area contributed by atoms with Gasteiger partial charge in [0, 0.05) is 12.2 Å². The number of carbonyl (C=O) groups is 1. The van der Waals surface area contributed by atoms with Crippen LogP contribution in [-0.2, 0) is 11.0 Å². The summed E-state index contributed by atoms with van der Waals surface area (Å²) in [6, 6.07) is 10.2. The summed E-state index contributed by atoms with van der Waals surface area (Å²) < 4.78 is 44.3. The number of hydrogen-bond acceptors (Lipinski definition) is 3. The molecule has 3 rings (SSSR count). The molecule has 0 saturated heterocycles. The summed E-state index contributed by atoms with van der Waals surface area (Å²) in [7, 11) is 0. The van der Waals surface area contributed by atoms with Gasteiger partial charge in [0.15, 0.2) is 6.61 Å². The van der Waals surface area contributed by atoms with Crippen LogP contribution in [0.25, 0.3) is 0 Å². The van der Waals surface area contributed by atoms with Crippen LogP contribution >= 0.6 is 0 Å². The fourth-order valence-electron chi connectivity index (χ4n) is 2.89. The molecule has 1 aromatic carbocycles. The van der Waals surface area contributed by atoms with Crippen molar-refractivity contribution in [3.8, 4) is 5.75 Å². The number of benzene rings is 1. The Labute approximate surface area is 149 Å². The third-order valence-electron chi connectivity index (χ3n) is 4.30. The smallest absolute Gasteiger partial charge is 0.419 e. The molecule has 1 amide bonds. The highest BCUT2D eigenvalue weighted by Gasteiger charge is 2.38. The molecule has 1 atom stereocenters. The SMILES string of the molecule is CC(c1ccccn1)N(C(=O)COc1ccccc1C(F)(F)F)C1CC1. The van der Waals surface area contributed by atoms with Crippen LogP contribution in [0.2, 0.25) is 0 Å². The summed E-state index contributed by atoms with van der Waals surface area (Å²) in [6.45, 7) is 1.42. The lowest BCUT2D eigenvalue weighted by Gasteiger charge is -2.29. The second-order valence-electron chi connectivity index (χ2n) is 6.25. The van der Waals surface area contributed by atoms with E-state index in [0.717, 1.165) is 24.6 Å². The van der Waals surface area contributed by atoms with Crippen LogP contribution in [0.3, 0.4) is 0 Å². The average molecular weight is 364 g/mol. The van der Waals surface area contributed by atoms with Crippen LogP contribution < -0.4 is 4.74 Å². The standard InChI is InChI=1S/C19H19F3N2O2/c1-13(16-7-4-5-11-23-16)24(14-9-10-14)18(25)12-26-17-8-3-2-6-15(17)19(20,21)22/h2-8,11,13-14H,9-10,12H2,1H3. The fourth-order valence-corrected chi connectivity index (χ4v) is 2.89. The van der Waals surface area contributed by atoms with Gasteiger partial charge in [-0.25, -0.2) is 0 Å². The molecule has 138 valence electrons. The summed E-state index contributed by atoms with van der Waals surface area (Å²) >= 11 is 0. The minimum atomic E-state index is -4.53. The number of nitrogens with zero attached hydrogens (tertiary/aromatic N) is 2. The van der Waals surface area contributed by atoms with E-state index in [-0.39, 0.29) is 23.7 Å². The molecule has 0 bridgehead atoms. The highest BCUT2D eigenvalue weighted by molar-refractivity contribution is 5.79. The minimum Gasteiger partial charge on any atom is -0.483 e. The van der Waals surface area contributed by atoms with Gasteiger partial charge in [-0.2, -0.15) is 13.2 Å². The topological polar surface area (TPSA) is 42.4 Å². The second kappa shape index (κ2) is 7.35. The number of para-hydroxylation sites is 1. The molecular formula is C19H19F3N2O2. The molecule has 0 N–H and O–H groups in total. The third kappa shape index (κ3) is 4.15. The molecule has 4 nitrogen and oxygen atoms in total. The quantitative estimate of drug-likeness (QED) is 0.770. The number of carbonyl (C=O) groups excluding carboxylic acids is 1. The summed E-state index contributed by atoms with van der Waals surface area (Å²) in [4.78, 5) is 18.6. The molecule has 1 fully saturated rings. The number of hydrogen-bond donors (Lipinski definition) is 0. The Kier molecular flexibility index (Phi) is 5.15. The number of aromatic nitrogens is 1. The molecule has 26 heavy (non-hydrogen) atoms. The van der Waals surface area contributed by atoms with E-state index in [0.29, 0.717) is 0 Å². The number of amides is 1. The first kappa shape index (κ1) is 18.2. The van der Waals surface area contributed by atoms with Gasteiger partial charge in [0.2, 0.25) is 0 Å². The van der Waals surface area contributed by atoms with Crippen molar-refractivity contribution in [2.75, 3.05) is 6.61 Å². The van der Waals surface area contributed by atoms with Gasteiger partial charge in [-0.05, 0) is 44.0 Å². The highest BCUT2D eigenvalue weighted by atomic mass is 19.4. The van der Waals surface area contributed by atoms with Gasteiger partial charge in [0.05, 0.1) is 17.3 Å². The maximum Gasteiger partial charge on any atom is 0.419 e. The summed E-state index contributed by atoms with van der Waals surface area (Å²) in [5.41, 5.74) is -0.146. The van der Waals surface area contributed by atoms with E-state index in [1.165, 1.54) is 18.2 Å². The predicted molar refractivity (Wildman–Crippen MR) is 89.5 cm³/mol. The number of pyridine rings is 1. The van der Waals surface area contributed by atoms with Crippen LogP contribution in [0, 0.1) is 0 Å². The Balaban J connectivity index is 1.72. The first-order valence-corrected chi connectivity index (χ1v) is 8.39. The molecule has 1 aromatic heterocycles. The Hall–Kier alpha value is -2.57. The molecular weight excluding hydrogens is 345 g/mol. The maximum absolute atomic E-state index is 13.0. The van der Waals surface area contributed by atoms with Crippen LogP contribution in [-0.4, -0.2) is 28.4 Å². The molecule has 1 unspecified atom stereocenters. The predicted octanol–water partition coefficient (Wildman–Crippen LogP) is 4.23. The van der Waals surface area contributed by atoms with E-state index in [1.54, 1.807) is 17.2 Å². The van der Waals surface area contributed by atoms with E-state index < -0.39 is 18.3 Å². The van der Waals surface area contributed by atoms with E-state index in [9.17, 15) is 18.0 Å². The van der Waals surface area contributed by atoms with Gasteiger partial charge >= 0.3 is 6.18 Å². The van der Waals surface area contributed by atoms with Gasteiger partial charge in [0.25, 0.3) is 5.91 Å². The normalized spacial score (nSPS) is 15.4. The van der Waals surface area contributed by atoms with Crippen LogP contribution in [0.5, 0.6) is 5.75 Å². The van der Waals surface area contributed by atoms with Gasteiger partial charge in [-0.15, -0.1) is 0 Å². The molecule has 0 spiro atoms. The van der Waals surface area contributed by atoms with E-state index in [4.69, 9.17) is 4.74 Å². The first-order chi connectivity index (χ1) is 12.4. The average Bonchev–Trinajstić information content (AvgIpc) is 3.45. The Bertz CT molecular complexity index is 761. The van der Waals surface area contributed by atoms with Crippen molar-refractivity contribution in [3.63, 3.8) is 0 Å². The molecule has 1 aliphatic carbocycles. The van der Waals surface area contributed by atoms with Gasteiger partial charge in [-0.3, -0.25) is 9.78 Å². The molecule has 1 aliphatic rings. The Morgan fingerprint density at radius 1 is 1.23 bits per heavy atom. The van der Waals surface area contributed by atoms with Crippen molar-refractivity contribution in [1.82, 2.24) is 9.88 Å². The third-order valence-corrected chi connectivity index (χ3v) is 4.30. The molecule has 2 aromatic rings. The van der Waals surface area contributed by atoms with Gasteiger partial charge in [-0.1, -0.05) is 18.2 Å². The minimum absolute atomic E-state index is 0.0842. The van der Waals surface area contributed by atoms with Crippen molar-refractivity contribution in [3.05, 3.63) is 59.9 Å². The van der Waals surface area contributed by atoms with Gasteiger partial charge in [0.1, 0.15) is 5.75 Å². The Morgan fingerprint density at radius 2 is 1.92 bits per heavy atom. The summed E-state index contributed by atoms with van der Waals surface area (Å²) in [6.07, 6.45) is -1.13. The summed E-state index contributed by atoms with van der Waals surface area (Å²) in [5.74, 6) is -0.683. The lowest BCUT2D eigenvalue weighted by Crippen LogP contribution is -2.39. The van der Waals surface area contributed by atoms with Gasteiger partial charge < -0.3 is 9.64 Å². The number of halogens is 3. The van der Waals surface area contributed by atoms with Crippen LogP contribution in [0.15, 0.2) is 48.7 Å². The van der Waals surface area contributed by atoms with Crippen LogP contribution in [0.4, 0.5) is 13.2 Å². The van der Waals surface area contributed by atoms with Crippen LogP contribution in [0.1, 0.15) is 37.1 Å². The second-order valence-corrected chi connectivity index (χ2v) is 6.25. The highest BCUT2D eigenvalue weighted by Crippen LogP contribution is 2.37. The van der Waals surface area contributed by atoms with Crippen molar-refractivity contribution in [2.24, 2.45) is 0 Å². The monoisotopic (exact) mass is 364 g/mol. The van der Waals surface area contributed by atoms with Crippen molar-refractivity contribution in [2.45, 2.75) is 38.0 Å². The zero-order valence-electron chi connectivity index (χ0n) is 14.2. The fraction of sp³-hybridized carbons (Fsp3) is 0.368. The lowest BCUT2D eigenvalue weighted by atomic mass is 10.1. The lowest BCUT2D eigenvalue weighted by molar-refractivity contribution is -0.142. The molecule has 0 aliphatic heterocycles. The zero-order chi connectivity index (χ0) is 18.7. The number of alkyl halides is 3. The molecule has 1 heterocycles. The van der Waals surface area contributed by atoms with Crippen molar-refractivity contribution in [1.29, 1.82) is 0 Å². The van der Waals surface area contributed by atoms with E-state index in [2.05, 4.69) is 4.98 Å². The zero-order valence-corrected chi connectivity index (χ0v) is 14.2. The number of rotatable bonds is 6. The first-order valence-electron chi connectivity index (χ1n) is 8.39. The molecule has 7 heteroatoms. The Morgan fingerprint density at radius 3 is 2.54 bits per heavy atom. The molecule has 1 saturated carbocycles. The van der Waals surface area contributed by atoms with Crippen molar-refractivity contribution < 1.29 is 22.7 Å². The largest absolute Gasteiger partial charge is 0.483 e. The number of ether oxygens (including phenoxy) is 1. The molecule has 0 radical (unpaired) electrons. The maximum atomic E-state index is 13.0. The summed E-state index contributed by atoms with van der Waals surface area (Å²) in [5, 5.41) is 0.